The van der Waals surface area contributed by atoms with Gasteiger partial charge in [0.05, 0.1) is 5.75 Å². The van der Waals surface area contributed by atoms with Gasteiger partial charge in [-0.3, -0.25) is 4.79 Å². The molecule has 3 atom stereocenters. The van der Waals surface area contributed by atoms with Crippen LogP contribution in [0.15, 0.2) is 27.8 Å². The predicted molar refractivity (Wildman–Crippen MR) is 109 cm³/mol. The van der Waals surface area contributed by atoms with Gasteiger partial charge in [0.2, 0.25) is 5.91 Å². The fourth-order valence-corrected chi connectivity index (χ4v) is 4.11. The van der Waals surface area contributed by atoms with Crippen LogP contribution in [0.3, 0.4) is 0 Å². The molecule has 3 rings (SSSR count). The normalized spacial score (nSPS) is 22.1. The van der Waals surface area contributed by atoms with Gasteiger partial charge in [-0.15, -0.1) is 10.2 Å². The number of nitrogens with one attached hydrogen (secondary N) is 1. The first-order valence-electron chi connectivity index (χ1n) is 9.87. The second-order valence-corrected chi connectivity index (χ2v) is 8.68. The van der Waals surface area contributed by atoms with Crippen molar-refractivity contribution >= 4 is 17.7 Å². The first-order valence-corrected chi connectivity index (χ1v) is 10.9. The molecule has 1 aromatic carbocycles. The number of hydrogen-bond donors (Lipinski definition) is 1. The molecule has 1 N–H and O–H groups in total. The second kappa shape index (κ2) is 9.45. The molecule has 1 saturated carbocycles. The lowest BCUT2D eigenvalue weighted by Crippen LogP contribution is -2.44. The number of aryl methyl sites for hydroxylation is 2. The molecule has 1 amide bonds. The summed E-state index contributed by atoms with van der Waals surface area (Å²) in [5.74, 6) is 2.67. The molecule has 0 bridgehead atoms. The number of nitrogens with zero attached hydrogens (tertiary/aromatic N) is 2. The summed E-state index contributed by atoms with van der Waals surface area (Å²) in [6.45, 7) is 8.71. The van der Waals surface area contributed by atoms with Crippen LogP contribution in [-0.4, -0.2) is 27.9 Å². The molecule has 152 valence electrons. The summed E-state index contributed by atoms with van der Waals surface area (Å²) >= 11 is 1.26. The van der Waals surface area contributed by atoms with Crippen molar-refractivity contribution in [3.63, 3.8) is 0 Å². The highest BCUT2D eigenvalue weighted by molar-refractivity contribution is 7.99. The van der Waals surface area contributed by atoms with E-state index in [1.807, 2.05) is 32.0 Å². The summed E-state index contributed by atoms with van der Waals surface area (Å²) in [5.41, 5.74) is 2.19. The molecule has 1 fully saturated rings. The van der Waals surface area contributed by atoms with E-state index in [0.29, 0.717) is 22.9 Å². The molecular weight excluding hydrogens is 374 g/mol. The summed E-state index contributed by atoms with van der Waals surface area (Å²) in [6, 6.07) is 6.31. The zero-order valence-corrected chi connectivity index (χ0v) is 17.8. The van der Waals surface area contributed by atoms with Crippen molar-refractivity contribution < 1.29 is 13.9 Å². The van der Waals surface area contributed by atoms with Gasteiger partial charge in [-0.2, -0.15) is 0 Å². The zero-order valence-electron chi connectivity index (χ0n) is 17.0. The maximum absolute atomic E-state index is 12.3. The van der Waals surface area contributed by atoms with Crippen LogP contribution in [0.2, 0.25) is 0 Å². The number of aromatic nitrogens is 2. The topological polar surface area (TPSA) is 77.2 Å². The minimum atomic E-state index is 0.0161. The highest BCUT2D eigenvalue weighted by Gasteiger charge is 2.28. The quantitative estimate of drug-likeness (QED) is 0.695. The Morgan fingerprint density at radius 3 is 2.93 bits per heavy atom. The Morgan fingerprint density at radius 1 is 1.29 bits per heavy atom. The fourth-order valence-electron chi connectivity index (χ4n) is 3.52. The Kier molecular flexibility index (Phi) is 6.99. The van der Waals surface area contributed by atoms with Crippen LogP contribution in [0, 0.1) is 25.7 Å². The van der Waals surface area contributed by atoms with Gasteiger partial charge < -0.3 is 14.5 Å². The van der Waals surface area contributed by atoms with Gasteiger partial charge in [0.25, 0.3) is 11.1 Å². The number of carbonyl (C=O) groups excluding carboxylic acids is 1. The zero-order chi connectivity index (χ0) is 20.1. The first kappa shape index (κ1) is 20.7. The standard InChI is InChI=1S/C21H29N3O3S/c1-13-8-9-15(3)18(10-13)26-11-20-23-24-21(27-20)28-12-19(25)22-17-7-5-6-14(2)16(17)4/h8-10,14,16-17H,5-7,11-12H2,1-4H3,(H,22,25)/t14-,16+,17-/m1/s1. The van der Waals surface area contributed by atoms with E-state index in [0.717, 1.165) is 23.3 Å². The summed E-state index contributed by atoms with van der Waals surface area (Å²) < 4.78 is 11.4. The van der Waals surface area contributed by atoms with Gasteiger partial charge in [-0.25, -0.2) is 0 Å². The lowest BCUT2D eigenvalue weighted by atomic mass is 9.78. The van der Waals surface area contributed by atoms with Crippen molar-refractivity contribution in [1.29, 1.82) is 0 Å². The Bertz CT molecular complexity index is 808. The molecule has 0 unspecified atom stereocenters. The average Bonchev–Trinajstić information content (AvgIpc) is 3.12. The van der Waals surface area contributed by atoms with Crippen LogP contribution >= 0.6 is 11.8 Å². The summed E-state index contributed by atoms with van der Waals surface area (Å²) in [6.07, 6.45) is 3.48. The SMILES string of the molecule is Cc1ccc(C)c(OCc2nnc(SCC(=O)N[C@@H]3CCC[C@@H](C)[C@@H]3C)o2)c1. The van der Waals surface area contributed by atoms with Crippen LogP contribution < -0.4 is 10.1 Å². The van der Waals surface area contributed by atoms with E-state index in [4.69, 9.17) is 9.15 Å². The van der Waals surface area contributed by atoms with Crippen LogP contribution in [0.5, 0.6) is 5.75 Å². The van der Waals surface area contributed by atoms with Gasteiger partial charge >= 0.3 is 0 Å². The van der Waals surface area contributed by atoms with Crippen LogP contribution in [0.1, 0.15) is 50.1 Å². The van der Waals surface area contributed by atoms with E-state index in [9.17, 15) is 4.79 Å². The highest BCUT2D eigenvalue weighted by Crippen LogP contribution is 2.29. The Hall–Kier alpha value is -2.02. The van der Waals surface area contributed by atoms with Crippen LogP contribution in [0.25, 0.3) is 0 Å². The van der Waals surface area contributed by atoms with Crippen molar-refractivity contribution in [2.24, 2.45) is 11.8 Å². The van der Waals surface area contributed by atoms with E-state index in [1.165, 1.54) is 24.6 Å². The van der Waals surface area contributed by atoms with Crippen LogP contribution in [-0.2, 0) is 11.4 Å². The molecule has 28 heavy (non-hydrogen) atoms. The minimum Gasteiger partial charge on any atom is -0.484 e. The molecule has 1 heterocycles. The molecule has 6 nitrogen and oxygen atoms in total. The third-order valence-corrected chi connectivity index (χ3v) is 6.34. The predicted octanol–water partition coefficient (Wildman–Crippen LogP) is 4.30. The average molecular weight is 404 g/mol. The number of benzene rings is 1. The summed E-state index contributed by atoms with van der Waals surface area (Å²) in [5, 5.41) is 11.6. The molecule has 0 saturated heterocycles. The fraction of sp³-hybridized carbons (Fsp3) is 0.571. The molecule has 1 aliphatic carbocycles. The van der Waals surface area contributed by atoms with E-state index >= 15 is 0 Å². The molecule has 2 aromatic rings. The Labute approximate surface area is 170 Å². The number of carbonyl (C=O) groups is 1. The lowest BCUT2D eigenvalue weighted by Gasteiger charge is -2.34. The Balaban J connectivity index is 1.45. The smallest absolute Gasteiger partial charge is 0.277 e. The molecule has 1 aromatic heterocycles. The monoisotopic (exact) mass is 403 g/mol. The number of thioether (sulfide) groups is 1. The van der Waals surface area contributed by atoms with E-state index < -0.39 is 0 Å². The van der Waals surface area contributed by atoms with E-state index in [2.05, 4.69) is 29.4 Å². The minimum absolute atomic E-state index is 0.0161. The summed E-state index contributed by atoms with van der Waals surface area (Å²) in [7, 11) is 0. The Morgan fingerprint density at radius 2 is 2.11 bits per heavy atom. The maximum atomic E-state index is 12.3. The van der Waals surface area contributed by atoms with Gasteiger partial charge in [-0.05, 0) is 49.3 Å². The number of rotatable bonds is 7. The van der Waals surface area contributed by atoms with Crippen LogP contribution in [0.4, 0.5) is 0 Å². The molecule has 0 radical (unpaired) electrons. The number of hydrogen-bond acceptors (Lipinski definition) is 6. The first-order chi connectivity index (χ1) is 13.4. The van der Waals surface area contributed by atoms with Crippen molar-refractivity contribution in [2.45, 2.75) is 64.8 Å². The van der Waals surface area contributed by atoms with Crippen molar-refractivity contribution in [3.05, 3.63) is 35.2 Å². The molecule has 7 heteroatoms. The number of amides is 1. The second-order valence-electron chi connectivity index (χ2n) is 7.75. The maximum Gasteiger partial charge on any atom is 0.277 e. The summed E-state index contributed by atoms with van der Waals surface area (Å²) in [4.78, 5) is 12.3. The molecule has 0 spiro atoms. The lowest BCUT2D eigenvalue weighted by molar-refractivity contribution is -0.120. The molecular formula is C21H29N3O3S. The third-order valence-electron chi connectivity index (χ3n) is 5.52. The molecule has 1 aliphatic rings. The van der Waals surface area contributed by atoms with Crippen molar-refractivity contribution in [2.75, 3.05) is 5.75 Å². The van der Waals surface area contributed by atoms with Gasteiger partial charge in [0.1, 0.15) is 5.75 Å². The molecule has 0 aliphatic heterocycles. The van der Waals surface area contributed by atoms with Gasteiger partial charge in [0.15, 0.2) is 6.61 Å². The third kappa shape index (κ3) is 5.50. The van der Waals surface area contributed by atoms with E-state index in [1.54, 1.807) is 0 Å². The highest BCUT2D eigenvalue weighted by atomic mass is 32.2. The number of ether oxygens (including phenoxy) is 1. The van der Waals surface area contributed by atoms with Gasteiger partial charge in [-0.1, -0.05) is 50.6 Å². The van der Waals surface area contributed by atoms with Crippen molar-refractivity contribution in [3.8, 4) is 5.75 Å². The van der Waals surface area contributed by atoms with Crippen molar-refractivity contribution in [1.82, 2.24) is 15.5 Å². The van der Waals surface area contributed by atoms with E-state index in [-0.39, 0.29) is 24.3 Å². The van der Waals surface area contributed by atoms with Gasteiger partial charge in [0, 0.05) is 6.04 Å². The largest absolute Gasteiger partial charge is 0.484 e.